The molecule has 0 saturated carbocycles. The third-order valence-electron chi connectivity index (χ3n) is 2.79. The number of rotatable bonds is 3. The Balaban J connectivity index is 2.00. The van der Waals surface area contributed by atoms with E-state index in [1.54, 1.807) is 35.0 Å². The zero-order chi connectivity index (χ0) is 12.5. The van der Waals surface area contributed by atoms with Gasteiger partial charge >= 0.3 is 0 Å². The summed E-state index contributed by atoms with van der Waals surface area (Å²) in [4.78, 5) is 13.7. The van der Waals surface area contributed by atoms with Gasteiger partial charge in [0.25, 0.3) is 5.91 Å². The van der Waals surface area contributed by atoms with Crippen LogP contribution in [0.1, 0.15) is 12.0 Å². The second kappa shape index (κ2) is 5.30. The molecule has 1 aliphatic heterocycles. The van der Waals surface area contributed by atoms with E-state index in [0.29, 0.717) is 18.7 Å². The second-order valence-electron chi connectivity index (χ2n) is 4.25. The van der Waals surface area contributed by atoms with Gasteiger partial charge in [0.2, 0.25) is 0 Å². The van der Waals surface area contributed by atoms with E-state index < -0.39 is 5.60 Å². The number of carbonyl (C=O) groups is 1. The molecule has 3 nitrogen and oxygen atoms in total. The number of thiophene rings is 1. The van der Waals surface area contributed by atoms with E-state index in [-0.39, 0.29) is 5.91 Å². The Bertz CT molecular complexity index is 415. The molecular weight excluding hydrogens is 322 g/mol. The van der Waals surface area contributed by atoms with E-state index in [0.717, 1.165) is 15.1 Å². The quantitative estimate of drug-likeness (QED) is 0.921. The molecule has 0 aliphatic carbocycles. The summed E-state index contributed by atoms with van der Waals surface area (Å²) in [5, 5.41) is 12.2. The van der Waals surface area contributed by atoms with Gasteiger partial charge in [-0.05, 0) is 45.1 Å². The number of thioether (sulfide) groups is 1. The fourth-order valence-electron chi connectivity index (χ4n) is 1.85. The molecule has 1 aromatic heterocycles. The number of amides is 1. The van der Waals surface area contributed by atoms with Crippen molar-refractivity contribution in [3.05, 3.63) is 20.8 Å². The Morgan fingerprint density at radius 1 is 1.71 bits per heavy atom. The van der Waals surface area contributed by atoms with Gasteiger partial charge < -0.3 is 10.0 Å². The molecular formula is C11H14BrNO2S2. The first-order chi connectivity index (χ1) is 8.01. The predicted molar refractivity (Wildman–Crippen MR) is 75.4 cm³/mol. The van der Waals surface area contributed by atoms with Crippen LogP contribution in [0, 0.1) is 0 Å². The van der Waals surface area contributed by atoms with Crippen molar-refractivity contribution in [1.29, 1.82) is 0 Å². The highest BCUT2D eigenvalue weighted by Crippen LogP contribution is 2.30. The van der Waals surface area contributed by atoms with Crippen molar-refractivity contribution in [2.45, 2.75) is 18.6 Å². The molecule has 1 atom stereocenters. The van der Waals surface area contributed by atoms with Crippen molar-refractivity contribution in [1.82, 2.24) is 4.90 Å². The molecule has 17 heavy (non-hydrogen) atoms. The van der Waals surface area contributed by atoms with E-state index in [2.05, 4.69) is 15.9 Å². The summed E-state index contributed by atoms with van der Waals surface area (Å²) in [5.41, 5.74) is -0.0564. The lowest BCUT2D eigenvalue weighted by Crippen LogP contribution is -2.47. The van der Waals surface area contributed by atoms with E-state index in [1.807, 2.05) is 11.4 Å². The molecule has 2 rings (SSSR count). The highest BCUT2D eigenvalue weighted by Gasteiger charge is 2.41. The number of halogens is 1. The van der Waals surface area contributed by atoms with Crippen molar-refractivity contribution >= 4 is 44.9 Å². The first-order valence-electron chi connectivity index (χ1n) is 5.30. The maximum absolute atomic E-state index is 12.1. The van der Waals surface area contributed by atoms with Crippen LogP contribution < -0.4 is 0 Å². The highest BCUT2D eigenvalue weighted by molar-refractivity contribution is 9.11. The largest absolute Gasteiger partial charge is 0.379 e. The lowest BCUT2D eigenvalue weighted by molar-refractivity contribution is -0.147. The minimum Gasteiger partial charge on any atom is -0.379 e. The van der Waals surface area contributed by atoms with Crippen molar-refractivity contribution in [3.8, 4) is 0 Å². The van der Waals surface area contributed by atoms with Crippen LogP contribution in [-0.2, 0) is 11.3 Å². The minimum absolute atomic E-state index is 0.162. The summed E-state index contributed by atoms with van der Waals surface area (Å²) >= 11 is 6.63. The number of nitrogens with zero attached hydrogens (tertiary/aromatic N) is 1. The number of aliphatic hydroxyl groups is 1. The predicted octanol–water partition coefficient (Wildman–Crippen LogP) is 2.34. The van der Waals surface area contributed by atoms with Crippen LogP contribution in [-0.4, -0.2) is 40.1 Å². The summed E-state index contributed by atoms with van der Waals surface area (Å²) in [6.07, 6.45) is 0.564. The Morgan fingerprint density at radius 2 is 2.47 bits per heavy atom. The number of likely N-dealkylation sites (N-methyl/N-ethyl adjacent to an activating group) is 1. The van der Waals surface area contributed by atoms with Gasteiger partial charge in [-0.1, -0.05) is 0 Å². The van der Waals surface area contributed by atoms with Crippen LogP contribution in [0.3, 0.4) is 0 Å². The maximum atomic E-state index is 12.1. The van der Waals surface area contributed by atoms with E-state index in [9.17, 15) is 9.90 Å². The Morgan fingerprint density at radius 3 is 3.00 bits per heavy atom. The zero-order valence-electron chi connectivity index (χ0n) is 9.48. The lowest BCUT2D eigenvalue weighted by Gasteiger charge is -2.26. The molecule has 1 saturated heterocycles. The molecule has 0 spiro atoms. The smallest absolute Gasteiger partial charge is 0.255 e. The third-order valence-corrected chi connectivity index (χ3v) is 5.51. The Kier molecular flexibility index (Phi) is 4.18. The monoisotopic (exact) mass is 335 g/mol. The number of hydrogen-bond acceptors (Lipinski definition) is 4. The molecule has 1 aromatic rings. The van der Waals surface area contributed by atoms with Crippen molar-refractivity contribution in [3.63, 3.8) is 0 Å². The normalized spacial score (nSPS) is 23.9. The Hall–Kier alpha value is -0.0400. The lowest BCUT2D eigenvalue weighted by atomic mass is 10.0. The zero-order valence-corrected chi connectivity index (χ0v) is 12.7. The molecule has 6 heteroatoms. The van der Waals surface area contributed by atoms with Crippen molar-refractivity contribution < 1.29 is 9.90 Å². The van der Waals surface area contributed by atoms with E-state index in [1.165, 1.54) is 0 Å². The third kappa shape index (κ3) is 3.05. The molecule has 1 unspecified atom stereocenters. The van der Waals surface area contributed by atoms with Crippen molar-refractivity contribution in [2.24, 2.45) is 0 Å². The summed E-state index contributed by atoms with van der Waals surface area (Å²) in [6, 6.07) is 2.00. The molecule has 1 amide bonds. The van der Waals surface area contributed by atoms with Gasteiger partial charge in [-0.3, -0.25) is 4.79 Å². The van der Waals surface area contributed by atoms with Gasteiger partial charge in [-0.25, -0.2) is 0 Å². The summed E-state index contributed by atoms with van der Waals surface area (Å²) < 4.78 is 1.06. The van der Waals surface area contributed by atoms with Gasteiger partial charge in [0.1, 0.15) is 0 Å². The molecule has 1 fully saturated rings. The van der Waals surface area contributed by atoms with Crippen LogP contribution in [0.25, 0.3) is 0 Å². The van der Waals surface area contributed by atoms with Crippen LogP contribution in [0.2, 0.25) is 0 Å². The van der Waals surface area contributed by atoms with Crippen LogP contribution in [0.15, 0.2) is 15.2 Å². The number of hydrogen-bond donors (Lipinski definition) is 1. The highest BCUT2D eigenvalue weighted by atomic mass is 79.9. The summed E-state index contributed by atoms with van der Waals surface area (Å²) in [6.45, 7) is 0.550. The van der Waals surface area contributed by atoms with E-state index in [4.69, 9.17) is 0 Å². The molecule has 1 aliphatic rings. The number of carbonyl (C=O) groups excluding carboxylic acids is 1. The van der Waals surface area contributed by atoms with Crippen LogP contribution in [0.5, 0.6) is 0 Å². The molecule has 0 aromatic carbocycles. The molecule has 94 valence electrons. The molecule has 0 radical (unpaired) electrons. The topological polar surface area (TPSA) is 40.5 Å². The summed E-state index contributed by atoms with van der Waals surface area (Å²) in [7, 11) is 1.74. The first-order valence-corrected chi connectivity index (χ1v) is 8.12. The van der Waals surface area contributed by atoms with Gasteiger partial charge in [-0.15, -0.1) is 11.3 Å². The fourth-order valence-corrected chi connectivity index (χ4v) is 4.28. The SMILES string of the molecule is CN(Cc1csc(Br)c1)C(=O)C1(O)CCSC1. The summed E-state index contributed by atoms with van der Waals surface area (Å²) in [5.74, 6) is 1.22. The van der Waals surface area contributed by atoms with Crippen molar-refractivity contribution in [2.75, 3.05) is 18.6 Å². The average molecular weight is 336 g/mol. The van der Waals surface area contributed by atoms with Gasteiger partial charge in [0.05, 0.1) is 3.79 Å². The standard InChI is InChI=1S/C11H14BrNO2S2/c1-13(5-8-4-9(12)17-6-8)10(14)11(15)2-3-16-7-11/h4,6,15H,2-3,5,7H2,1H3. The average Bonchev–Trinajstić information content (AvgIpc) is 2.88. The van der Waals surface area contributed by atoms with Gasteiger partial charge in [0, 0.05) is 19.3 Å². The van der Waals surface area contributed by atoms with Gasteiger partial charge in [0.15, 0.2) is 5.60 Å². The van der Waals surface area contributed by atoms with Crippen LogP contribution >= 0.6 is 39.0 Å². The Labute approximate surface area is 117 Å². The minimum atomic E-state index is -1.15. The first kappa shape index (κ1) is 13.4. The molecule has 0 bridgehead atoms. The maximum Gasteiger partial charge on any atom is 0.255 e. The molecule has 2 heterocycles. The molecule has 1 N–H and O–H groups in total. The van der Waals surface area contributed by atoms with E-state index >= 15 is 0 Å². The van der Waals surface area contributed by atoms with Gasteiger partial charge in [-0.2, -0.15) is 11.8 Å². The second-order valence-corrected chi connectivity index (χ2v) is 7.65. The van der Waals surface area contributed by atoms with Crippen LogP contribution in [0.4, 0.5) is 0 Å². The fraction of sp³-hybridized carbons (Fsp3) is 0.545.